The first kappa shape index (κ1) is 17.0. The van der Waals surface area contributed by atoms with Gasteiger partial charge in [0.25, 0.3) is 0 Å². The maximum absolute atomic E-state index is 12.8. The largest absolute Gasteiger partial charge is 0.339 e. The molecule has 4 atom stereocenters. The number of aromatic nitrogens is 2. The van der Waals surface area contributed by atoms with Crippen molar-refractivity contribution < 1.29 is 9.32 Å². The Balaban J connectivity index is 1.31. The molecular weight excluding hydrogens is 314 g/mol. The molecule has 5 nitrogen and oxygen atoms in total. The minimum atomic E-state index is -0.0953. The summed E-state index contributed by atoms with van der Waals surface area (Å²) < 4.78 is 5.34. The van der Waals surface area contributed by atoms with Gasteiger partial charge in [0, 0.05) is 30.8 Å². The van der Waals surface area contributed by atoms with Crippen LogP contribution in [0.2, 0.25) is 0 Å². The van der Waals surface area contributed by atoms with Gasteiger partial charge in [0.2, 0.25) is 11.8 Å². The number of nitrogens with zero attached hydrogens (tertiary/aromatic N) is 3. The predicted octanol–water partition coefficient (Wildman–Crippen LogP) is 3.73. The van der Waals surface area contributed by atoms with E-state index in [1.165, 1.54) is 32.1 Å². The number of hydrogen-bond acceptors (Lipinski definition) is 4. The predicted molar refractivity (Wildman–Crippen MR) is 95.0 cm³/mol. The normalized spacial score (nSPS) is 31.4. The highest BCUT2D eigenvalue weighted by atomic mass is 16.5. The van der Waals surface area contributed by atoms with Crippen LogP contribution in [0.5, 0.6) is 0 Å². The topological polar surface area (TPSA) is 59.2 Å². The fraction of sp³-hybridized carbons (Fsp3) is 0.850. The minimum absolute atomic E-state index is 0.0953. The van der Waals surface area contributed by atoms with Crippen LogP contribution in [-0.4, -0.2) is 33.5 Å². The van der Waals surface area contributed by atoms with Crippen molar-refractivity contribution in [3.63, 3.8) is 0 Å². The molecule has 5 heteroatoms. The molecule has 0 aromatic carbocycles. The van der Waals surface area contributed by atoms with E-state index in [9.17, 15) is 4.79 Å². The van der Waals surface area contributed by atoms with Crippen molar-refractivity contribution in [1.29, 1.82) is 0 Å². The maximum atomic E-state index is 12.8. The second kappa shape index (κ2) is 6.40. The summed E-state index contributed by atoms with van der Waals surface area (Å²) in [5, 5.41) is 4.06. The monoisotopic (exact) mass is 345 g/mol. The summed E-state index contributed by atoms with van der Waals surface area (Å²) >= 11 is 0. The van der Waals surface area contributed by atoms with Crippen LogP contribution in [0.3, 0.4) is 0 Å². The average Bonchev–Trinajstić information content (AvgIpc) is 2.92. The second-order valence-corrected chi connectivity index (χ2v) is 9.59. The Kier molecular flexibility index (Phi) is 4.37. The lowest BCUT2D eigenvalue weighted by atomic mass is 9.68. The van der Waals surface area contributed by atoms with Crippen molar-refractivity contribution in [3.05, 3.63) is 11.7 Å². The molecule has 1 aromatic heterocycles. The van der Waals surface area contributed by atoms with Gasteiger partial charge in [-0.1, -0.05) is 25.9 Å². The van der Waals surface area contributed by atoms with E-state index in [-0.39, 0.29) is 5.41 Å². The zero-order chi connectivity index (χ0) is 17.6. The Bertz CT molecular complexity index is 619. The van der Waals surface area contributed by atoms with Gasteiger partial charge in [-0.15, -0.1) is 0 Å². The van der Waals surface area contributed by atoms with Crippen LogP contribution in [0.4, 0.5) is 0 Å². The molecule has 2 saturated heterocycles. The van der Waals surface area contributed by atoms with Gasteiger partial charge in [-0.05, 0) is 56.3 Å². The molecule has 5 rings (SSSR count). The lowest BCUT2D eigenvalue weighted by Gasteiger charge is -2.39. The fourth-order valence-corrected chi connectivity index (χ4v) is 5.29. The number of amides is 1. The summed E-state index contributed by atoms with van der Waals surface area (Å²) in [6, 6.07) is 0.514. The summed E-state index contributed by atoms with van der Waals surface area (Å²) in [6.45, 7) is 7.23. The van der Waals surface area contributed by atoms with Gasteiger partial charge >= 0.3 is 0 Å². The van der Waals surface area contributed by atoms with E-state index in [4.69, 9.17) is 4.52 Å². The second-order valence-electron chi connectivity index (χ2n) is 9.59. The van der Waals surface area contributed by atoms with Gasteiger partial charge in [0.15, 0.2) is 5.82 Å². The van der Waals surface area contributed by atoms with Gasteiger partial charge in [0.1, 0.15) is 0 Å². The number of fused-ring (bicyclic) bond motifs is 1. The highest BCUT2D eigenvalue weighted by molar-refractivity contribution is 5.76. The van der Waals surface area contributed by atoms with Crippen molar-refractivity contribution in [2.75, 3.05) is 6.54 Å². The van der Waals surface area contributed by atoms with Crippen LogP contribution < -0.4 is 0 Å². The van der Waals surface area contributed by atoms with Gasteiger partial charge in [-0.2, -0.15) is 4.98 Å². The number of carbonyl (C=O) groups is 1. The number of carbonyl (C=O) groups excluding carboxylic acids is 1. The van der Waals surface area contributed by atoms with E-state index in [1.54, 1.807) is 0 Å². The third-order valence-corrected chi connectivity index (χ3v) is 6.35. The van der Waals surface area contributed by atoms with E-state index in [0.717, 1.165) is 36.5 Å². The standard InChI is InChI=1S/C20H31N3O2/c1-20(2,3)19-21-17(25-22-19)5-4-6-18(24)23-12-15-8-13-7-14(9-15)11-16(23)10-13/h13-16H,4-12H2,1-3H3/t13-,14+,15?,16?. The van der Waals surface area contributed by atoms with Crippen LogP contribution in [0.1, 0.15) is 77.4 Å². The molecule has 0 radical (unpaired) electrons. The first-order valence-electron chi connectivity index (χ1n) is 10.0. The first-order valence-corrected chi connectivity index (χ1v) is 10.0. The Labute approximate surface area is 150 Å². The molecule has 138 valence electrons. The van der Waals surface area contributed by atoms with Crippen molar-refractivity contribution in [3.8, 4) is 0 Å². The van der Waals surface area contributed by atoms with Crippen LogP contribution in [0.15, 0.2) is 4.52 Å². The third-order valence-electron chi connectivity index (χ3n) is 6.35. The van der Waals surface area contributed by atoms with Crippen molar-refractivity contribution in [2.24, 2.45) is 17.8 Å². The molecule has 1 amide bonds. The summed E-state index contributed by atoms with van der Waals surface area (Å²) in [4.78, 5) is 19.5. The van der Waals surface area contributed by atoms with Crippen LogP contribution in [0.25, 0.3) is 0 Å². The SMILES string of the molecule is CC(C)(C)c1noc(CCCC(=O)N2CC3C[C@@H]4CC2C[C@H](C3)C4)n1. The van der Waals surface area contributed by atoms with E-state index in [2.05, 4.69) is 35.8 Å². The number of aryl methyl sites for hydroxylation is 1. The maximum Gasteiger partial charge on any atom is 0.226 e. The molecule has 0 spiro atoms. The van der Waals surface area contributed by atoms with Crippen molar-refractivity contribution >= 4 is 5.91 Å². The molecule has 2 aliphatic carbocycles. The molecule has 4 fully saturated rings. The molecule has 4 aliphatic rings. The quantitative estimate of drug-likeness (QED) is 0.834. The molecule has 2 aliphatic heterocycles. The van der Waals surface area contributed by atoms with Crippen molar-refractivity contribution in [1.82, 2.24) is 15.0 Å². The fourth-order valence-electron chi connectivity index (χ4n) is 5.29. The van der Waals surface area contributed by atoms with E-state index in [0.29, 0.717) is 30.7 Å². The highest BCUT2D eigenvalue weighted by Gasteiger charge is 2.43. The molecule has 2 saturated carbocycles. The lowest BCUT2D eigenvalue weighted by molar-refractivity contribution is -0.134. The Morgan fingerprint density at radius 2 is 1.80 bits per heavy atom. The number of rotatable bonds is 4. The van der Waals surface area contributed by atoms with Crippen LogP contribution >= 0.6 is 0 Å². The number of hydrogen-bond donors (Lipinski definition) is 0. The van der Waals surface area contributed by atoms with Crippen LogP contribution in [-0.2, 0) is 16.6 Å². The molecule has 2 unspecified atom stereocenters. The molecule has 1 aromatic rings. The highest BCUT2D eigenvalue weighted by Crippen LogP contribution is 2.47. The third kappa shape index (κ3) is 3.61. The smallest absolute Gasteiger partial charge is 0.226 e. The van der Waals surface area contributed by atoms with Gasteiger partial charge in [-0.3, -0.25) is 4.79 Å². The van der Waals surface area contributed by atoms with Crippen molar-refractivity contribution in [2.45, 2.75) is 83.6 Å². The van der Waals surface area contributed by atoms with Crippen LogP contribution in [0, 0.1) is 17.8 Å². The van der Waals surface area contributed by atoms with Gasteiger partial charge in [-0.25, -0.2) is 0 Å². The van der Waals surface area contributed by atoms with Gasteiger partial charge < -0.3 is 9.42 Å². The Morgan fingerprint density at radius 1 is 1.12 bits per heavy atom. The van der Waals surface area contributed by atoms with Gasteiger partial charge in [0.05, 0.1) is 0 Å². The lowest BCUT2D eigenvalue weighted by Crippen LogP contribution is -2.42. The molecule has 25 heavy (non-hydrogen) atoms. The molecule has 0 N–H and O–H groups in total. The zero-order valence-corrected chi connectivity index (χ0v) is 15.8. The molecule has 4 bridgehead atoms. The molecular formula is C20H31N3O2. The Hall–Kier alpha value is -1.39. The van der Waals surface area contributed by atoms with E-state index >= 15 is 0 Å². The summed E-state index contributed by atoms with van der Waals surface area (Å²) in [5.74, 6) is 4.27. The first-order chi connectivity index (χ1) is 11.9. The summed E-state index contributed by atoms with van der Waals surface area (Å²) in [6.07, 6.45) is 8.72. The summed E-state index contributed by atoms with van der Waals surface area (Å²) in [7, 11) is 0. The zero-order valence-electron chi connectivity index (χ0n) is 15.8. The average molecular weight is 345 g/mol. The minimum Gasteiger partial charge on any atom is -0.339 e. The van der Waals surface area contributed by atoms with E-state index in [1.807, 2.05) is 0 Å². The molecule has 3 heterocycles. The Morgan fingerprint density at radius 3 is 2.44 bits per heavy atom. The van der Waals surface area contributed by atoms with E-state index < -0.39 is 0 Å². The summed E-state index contributed by atoms with van der Waals surface area (Å²) in [5.41, 5.74) is -0.0953.